The van der Waals surface area contributed by atoms with Crippen LogP contribution in [-0.2, 0) is 14.6 Å². The number of halogens is 1. The minimum atomic E-state index is -3.74. The van der Waals surface area contributed by atoms with Crippen LogP contribution in [0.4, 0.5) is 0 Å². The number of sulfone groups is 1. The average molecular weight is 415 g/mol. The molecular weight excluding hydrogens is 384 g/mol. The Morgan fingerprint density at radius 2 is 1.70 bits per heavy atom. The molecular formula is C20H31ClN2O3S. The second-order valence-corrected chi connectivity index (χ2v) is 10.9. The van der Waals surface area contributed by atoms with Gasteiger partial charge in [-0.15, -0.1) is 12.4 Å². The molecule has 0 bridgehead atoms. The summed E-state index contributed by atoms with van der Waals surface area (Å²) in [5.74, 6) is -0.226. The van der Waals surface area contributed by atoms with Crippen molar-refractivity contribution in [2.75, 3.05) is 13.1 Å². The lowest BCUT2D eigenvalue weighted by molar-refractivity contribution is -0.137. The Morgan fingerprint density at radius 1 is 1.15 bits per heavy atom. The van der Waals surface area contributed by atoms with E-state index in [9.17, 15) is 13.2 Å². The summed E-state index contributed by atoms with van der Waals surface area (Å²) in [6.07, 6.45) is 3.07. The summed E-state index contributed by atoms with van der Waals surface area (Å²) < 4.78 is 25.7. The summed E-state index contributed by atoms with van der Waals surface area (Å²) in [5, 5.41) is 0. The van der Waals surface area contributed by atoms with E-state index in [1.54, 1.807) is 29.2 Å². The molecule has 5 nitrogen and oxygen atoms in total. The van der Waals surface area contributed by atoms with Crippen molar-refractivity contribution in [3.8, 4) is 0 Å². The second kappa shape index (κ2) is 7.72. The van der Waals surface area contributed by atoms with Crippen LogP contribution in [0.3, 0.4) is 0 Å². The molecule has 27 heavy (non-hydrogen) atoms. The van der Waals surface area contributed by atoms with E-state index in [4.69, 9.17) is 5.73 Å². The molecule has 0 radical (unpaired) electrons. The largest absolute Gasteiger partial charge is 0.341 e. The van der Waals surface area contributed by atoms with Gasteiger partial charge >= 0.3 is 0 Å². The lowest BCUT2D eigenvalue weighted by Crippen LogP contribution is -2.59. The van der Waals surface area contributed by atoms with E-state index in [0.29, 0.717) is 32.4 Å². The van der Waals surface area contributed by atoms with Crippen LogP contribution in [0.1, 0.15) is 51.5 Å². The molecule has 1 saturated heterocycles. The van der Waals surface area contributed by atoms with Gasteiger partial charge in [0.05, 0.1) is 4.90 Å². The maximum Gasteiger partial charge on any atom is 0.244 e. The van der Waals surface area contributed by atoms with Crippen LogP contribution >= 0.6 is 12.4 Å². The fourth-order valence-corrected chi connectivity index (χ4v) is 6.45. The van der Waals surface area contributed by atoms with Gasteiger partial charge in [0.25, 0.3) is 0 Å². The quantitative estimate of drug-likeness (QED) is 0.823. The minimum absolute atomic E-state index is 0. The van der Waals surface area contributed by atoms with E-state index in [0.717, 1.165) is 18.4 Å². The number of amides is 1. The minimum Gasteiger partial charge on any atom is -0.341 e. The standard InChI is InChI=1S/C20H30N2O3S.ClH/c1-15-6-8-16(9-7-15)26(24,25)20(11-4-5-12-20)18(23)22-13-10-17(21)19(2,3)14-22;/h6-9,17H,4-5,10-14,21H2,1-3H3;1H. The number of hydrogen-bond acceptors (Lipinski definition) is 4. The predicted octanol–water partition coefficient (Wildman–Crippen LogP) is 3.09. The van der Waals surface area contributed by atoms with Crippen molar-refractivity contribution in [3.05, 3.63) is 29.8 Å². The Hall–Kier alpha value is -1.11. The highest BCUT2D eigenvalue weighted by molar-refractivity contribution is 7.93. The third-order valence-corrected chi connectivity index (χ3v) is 8.75. The van der Waals surface area contributed by atoms with Crippen molar-refractivity contribution >= 4 is 28.2 Å². The highest BCUT2D eigenvalue weighted by Crippen LogP contribution is 2.43. The maximum atomic E-state index is 13.5. The first-order valence-corrected chi connectivity index (χ1v) is 10.9. The second-order valence-electron chi connectivity index (χ2n) is 8.63. The molecule has 7 heteroatoms. The lowest BCUT2D eigenvalue weighted by atomic mass is 9.79. The molecule has 2 aliphatic rings. The van der Waals surface area contributed by atoms with Crippen LogP contribution in [0.5, 0.6) is 0 Å². The summed E-state index contributed by atoms with van der Waals surface area (Å²) in [7, 11) is -3.74. The zero-order valence-corrected chi connectivity index (χ0v) is 18.0. The third kappa shape index (κ3) is 3.76. The fourth-order valence-electron chi connectivity index (χ4n) is 4.32. The van der Waals surface area contributed by atoms with Gasteiger partial charge in [-0.1, -0.05) is 44.4 Å². The molecule has 2 fully saturated rings. The molecule has 0 spiro atoms. The van der Waals surface area contributed by atoms with Gasteiger partial charge in [0.15, 0.2) is 14.6 Å². The van der Waals surface area contributed by atoms with Crippen molar-refractivity contribution in [1.29, 1.82) is 0 Å². The topological polar surface area (TPSA) is 80.5 Å². The first-order valence-electron chi connectivity index (χ1n) is 9.46. The van der Waals surface area contributed by atoms with Crippen LogP contribution in [0, 0.1) is 12.3 Å². The van der Waals surface area contributed by atoms with Gasteiger partial charge in [-0.05, 0) is 43.7 Å². The van der Waals surface area contributed by atoms with E-state index in [1.807, 2.05) is 20.8 Å². The van der Waals surface area contributed by atoms with E-state index in [2.05, 4.69) is 0 Å². The molecule has 1 amide bonds. The third-order valence-electron chi connectivity index (χ3n) is 6.25. The number of nitrogens with zero attached hydrogens (tertiary/aromatic N) is 1. The van der Waals surface area contributed by atoms with Gasteiger partial charge < -0.3 is 10.6 Å². The number of benzene rings is 1. The summed E-state index contributed by atoms with van der Waals surface area (Å²) in [4.78, 5) is 15.5. The molecule has 0 aromatic heterocycles. The van der Waals surface area contributed by atoms with Crippen molar-refractivity contribution < 1.29 is 13.2 Å². The van der Waals surface area contributed by atoms with Gasteiger partial charge in [0.1, 0.15) is 0 Å². The summed E-state index contributed by atoms with van der Waals surface area (Å²) in [5.41, 5.74) is 6.99. The number of nitrogens with two attached hydrogens (primary N) is 1. The Balaban J connectivity index is 0.00000261. The number of hydrogen-bond donors (Lipinski definition) is 1. The summed E-state index contributed by atoms with van der Waals surface area (Å²) in [6.45, 7) is 7.07. The van der Waals surface area contributed by atoms with E-state index >= 15 is 0 Å². The van der Waals surface area contributed by atoms with Gasteiger partial charge in [-0.3, -0.25) is 4.79 Å². The van der Waals surface area contributed by atoms with Gasteiger partial charge in [0.2, 0.25) is 5.91 Å². The number of carbonyl (C=O) groups is 1. The van der Waals surface area contributed by atoms with Gasteiger partial charge in [-0.2, -0.15) is 0 Å². The van der Waals surface area contributed by atoms with E-state index in [-0.39, 0.29) is 34.7 Å². The van der Waals surface area contributed by atoms with Crippen molar-refractivity contribution in [2.45, 2.75) is 68.6 Å². The normalized spacial score (nSPS) is 24.3. The summed E-state index contributed by atoms with van der Waals surface area (Å²) in [6, 6.07) is 6.88. The van der Waals surface area contributed by atoms with Crippen LogP contribution in [0.15, 0.2) is 29.2 Å². The molecule has 3 rings (SSSR count). The molecule has 1 saturated carbocycles. The average Bonchev–Trinajstić information content (AvgIpc) is 3.08. The van der Waals surface area contributed by atoms with Crippen molar-refractivity contribution in [2.24, 2.45) is 11.1 Å². The van der Waals surface area contributed by atoms with Crippen LogP contribution in [0.25, 0.3) is 0 Å². The molecule has 152 valence electrons. The predicted molar refractivity (Wildman–Crippen MR) is 110 cm³/mol. The number of aryl methyl sites for hydroxylation is 1. The smallest absolute Gasteiger partial charge is 0.244 e. The molecule has 1 aliphatic heterocycles. The highest BCUT2D eigenvalue weighted by atomic mass is 35.5. The Bertz CT molecular complexity index is 784. The zero-order chi connectivity index (χ0) is 19.2. The summed E-state index contributed by atoms with van der Waals surface area (Å²) >= 11 is 0. The first-order chi connectivity index (χ1) is 12.1. The number of likely N-dealkylation sites (tertiary alicyclic amines) is 1. The molecule has 1 heterocycles. The molecule has 1 atom stereocenters. The van der Waals surface area contributed by atoms with Gasteiger partial charge in [-0.25, -0.2) is 8.42 Å². The van der Waals surface area contributed by atoms with Crippen LogP contribution in [-0.4, -0.2) is 43.1 Å². The number of carbonyl (C=O) groups excluding carboxylic acids is 1. The Morgan fingerprint density at radius 3 is 2.22 bits per heavy atom. The molecule has 2 N–H and O–H groups in total. The van der Waals surface area contributed by atoms with E-state index < -0.39 is 14.6 Å². The molecule has 1 aliphatic carbocycles. The Labute approximate surface area is 169 Å². The number of piperidine rings is 1. The van der Waals surface area contributed by atoms with E-state index in [1.165, 1.54) is 0 Å². The van der Waals surface area contributed by atoms with Crippen molar-refractivity contribution in [1.82, 2.24) is 4.90 Å². The molecule has 1 unspecified atom stereocenters. The Kier molecular flexibility index (Phi) is 6.34. The van der Waals surface area contributed by atoms with Crippen molar-refractivity contribution in [3.63, 3.8) is 0 Å². The lowest BCUT2D eigenvalue weighted by Gasteiger charge is -2.45. The maximum absolute atomic E-state index is 13.5. The molecule has 1 aromatic carbocycles. The molecule has 1 aromatic rings. The monoisotopic (exact) mass is 414 g/mol. The number of rotatable bonds is 3. The SMILES string of the molecule is Cc1ccc(S(=O)(=O)C2(C(=O)N3CCC(N)C(C)(C)C3)CCCC2)cc1.Cl. The fraction of sp³-hybridized carbons (Fsp3) is 0.650. The zero-order valence-electron chi connectivity index (χ0n) is 16.4. The highest BCUT2D eigenvalue weighted by Gasteiger charge is 2.55. The van der Waals surface area contributed by atoms with Gasteiger partial charge in [0, 0.05) is 19.1 Å². The first kappa shape index (κ1) is 22.2. The van der Waals surface area contributed by atoms with Crippen LogP contribution in [0.2, 0.25) is 0 Å². The van der Waals surface area contributed by atoms with Crippen LogP contribution < -0.4 is 5.73 Å².